The third-order valence-corrected chi connectivity index (χ3v) is 4.70. The highest BCUT2D eigenvalue weighted by atomic mass is 35.5. The summed E-state index contributed by atoms with van der Waals surface area (Å²) in [6, 6.07) is 19.9. The summed E-state index contributed by atoms with van der Waals surface area (Å²) in [4.78, 5) is 7.67. The molecule has 0 saturated carbocycles. The molecule has 0 unspecified atom stereocenters. The summed E-state index contributed by atoms with van der Waals surface area (Å²) < 4.78 is 11.4. The number of nitrogens with zero attached hydrogens (tertiary/aromatic N) is 1. The number of nitrogen functional groups attached to an aromatic ring is 2. The summed E-state index contributed by atoms with van der Waals surface area (Å²) in [5, 5.41) is 18.1. The van der Waals surface area contributed by atoms with Gasteiger partial charge < -0.3 is 31.2 Å². The van der Waals surface area contributed by atoms with Crippen LogP contribution in [-0.2, 0) is 0 Å². The molecule has 1 heterocycles. The Morgan fingerprint density at radius 2 is 1.36 bits per heavy atom. The van der Waals surface area contributed by atoms with Gasteiger partial charge in [0, 0.05) is 16.8 Å². The van der Waals surface area contributed by atoms with Crippen molar-refractivity contribution in [1.29, 1.82) is 10.8 Å². The largest absolute Gasteiger partial charge is 0.490 e. The van der Waals surface area contributed by atoms with E-state index < -0.39 is 0 Å². The topological polar surface area (TPSA) is 159 Å². The highest BCUT2D eigenvalue weighted by molar-refractivity contribution is 5.98. The van der Waals surface area contributed by atoms with Crippen molar-refractivity contribution in [2.75, 3.05) is 18.5 Å². The van der Waals surface area contributed by atoms with Crippen molar-refractivity contribution in [3.63, 3.8) is 0 Å². The summed E-state index contributed by atoms with van der Waals surface area (Å²) in [6.45, 7) is 0.782. The van der Waals surface area contributed by atoms with Crippen LogP contribution in [0, 0.1) is 10.8 Å². The third kappa shape index (κ3) is 5.92. The van der Waals surface area contributed by atoms with Crippen LogP contribution in [0.4, 0.5) is 11.6 Å². The number of anilines is 2. The number of halogens is 1. The predicted molar refractivity (Wildman–Crippen MR) is 133 cm³/mol. The molecule has 0 fully saturated rings. The van der Waals surface area contributed by atoms with Crippen LogP contribution >= 0.6 is 12.4 Å². The van der Waals surface area contributed by atoms with Crippen LogP contribution in [0.3, 0.4) is 0 Å². The molecule has 0 saturated heterocycles. The zero-order valence-electron chi connectivity index (χ0n) is 17.6. The van der Waals surface area contributed by atoms with Gasteiger partial charge in [-0.15, -0.1) is 12.4 Å². The number of imidazole rings is 1. The predicted octanol–water partition coefficient (Wildman–Crippen LogP) is 3.75. The maximum atomic E-state index is 7.54. The minimum absolute atomic E-state index is 0. The molecule has 0 spiro atoms. The lowest BCUT2D eigenvalue weighted by atomic mass is 10.2. The number of aromatic amines is 1. The van der Waals surface area contributed by atoms with E-state index in [1.165, 1.54) is 0 Å². The summed E-state index contributed by atoms with van der Waals surface area (Å²) in [6.07, 6.45) is 0. The lowest BCUT2D eigenvalue weighted by Gasteiger charge is -2.09. The van der Waals surface area contributed by atoms with E-state index in [9.17, 15) is 0 Å². The Labute approximate surface area is 196 Å². The van der Waals surface area contributed by atoms with E-state index in [4.69, 9.17) is 31.8 Å². The van der Waals surface area contributed by atoms with Gasteiger partial charge >= 0.3 is 0 Å². The molecule has 4 aromatic rings. The quantitative estimate of drug-likeness (QED) is 0.125. The number of H-pyrrole nitrogens is 1. The first kappa shape index (κ1) is 23.4. The van der Waals surface area contributed by atoms with E-state index >= 15 is 0 Å². The Hall–Kier alpha value is -4.24. The second-order valence-electron chi connectivity index (χ2n) is 7.02. The Morgan fingerprint density at radius 3 is 1.94 bits per heavy atom. The van der Waals surface area contributed by atoms with Gasteiger partial charge in [0.1, 0.15) is 36.4 Å². The minimum atomic E-state index is 0. The van der Waals surface area contributed by atoms with Crippen molar-refractivity contribution < 1.29 is 9.47 Å². The molecule has 8 N–H and O–H groups in total. The fourth-order valence-electron chi connectivity index (χ4n) is 3.06. The smallest absolute Gasteiger partial charge is 0.205 e. The highest BCUT2D eigenvalue weighted by Crippen LogP contribution is 2.21. The normalized spacial score (nSPS) is 10.3. The van der Waals surface area contributed by atoms with Gasteiger partial charge in [0.25, 0.3) is 0 Å². The Kier molecular flexibility index (Phi) is 7.37. The molecule has 1 aromatic heterocycles. The van der Waals surface area contributed by atoms with E-state index in [1.807, 2.05) is 30.3 Å². The van der Waals surface area contributed by atoms with Gasteiger partial charge in [-0.3, -0.25) is 10.8 Å². The van der Waals surface area contributed by atoms with Crippen molar-refractivity contribution in [2.24, 2.45) is 11.5 Å². The van der Waals surface area contributed by atoms with E-state index in [2.05, 4.69) is 15.3 Å². The second kappa shape index (κ2) is 10.4. The van der Waals surface area contributed by atoms with Crippen LogP contribution in [0.1, 0.15) is 11.1 Å². The number of hydrogen-bond donors (Lipinski definition) is 6. The molecule has 170 valence electrons. The zero-order chi connectivity index (χ0) is 22.5. The number of hydrogen-bond acceptors (Lipinski definition) is 6. The Bertz CT molecular complexity index is 1250. The van der Waals surface area contributed by atoms with Gasteiger partial charge in [-0.05, 0) is 66.7 Å². The Balaban J connectivity index is 0.00000306. The molecule has 0 aliphatic carbocycles. The number of rotatable bonds is 9. The van der Waals surface area contributed by atoms with E-state index in [1.54, 1.807) is 36.4 Å². The summed E-state index contributed by atoms with van der Waals surface area (Å²) in [5.74, 6) is 2.06. The lowest BCUT2D eigenvalue weighted by Crippen LogP contribution is -2.11. The lowest BCUT2D eigenvalue weighted by molar-refractivity contribution is 0.217. The zero-order valence-corrected chi connectivity index (χ0v) is 18.4. The van der Waals surface area contributed by atoms with Crippen LogP contribution in [0.2, 0.25) is 0 Å². The summed E-state index contributed by atoms with van der Waals surface area (Å²) in [7, 11) is 0. The van der Waals surface area contributed by atoms with Crippen LogP contribution < -0.4 is 26.3 Å². The first-order valence-corrected chi connectivity index (χ1v) is 9.89. The molecule has 0 radical (unpaired) electrons. The molecule has 9 nitrogen and oxygen atoms in total. The minimum Gasteiger partial charge on any atom is -0.490 e. The van der Waals surface area contributed by atoms with Crippen molar-refractivity contribution in [3.05, 3.63) is 77.9 Å². The third-order valence-electron chi connectivity index (χ3n) is 4.70. The molecule has 4 rings (SSSR count). The standard InChI is InChI=1S/C23H23N7O2.ClH/c24-21(25)14-1-6-17(7-2-14)31-11-12-32-18-8-4-16(5-9-18)28-23-29-19-10-3-15(22(26)27)13-20(19)30-23;/h1-10,13H,11-12H2,(H3,24,25)(H3,26,27)(H2,28,29,30);1H. The molecular formula is C23H24ClN7O2. The molecule has 0 amide bonds. The number of fused-ring (bicyclic) bond motifs is 1. The number of ether oxygens (including phenoxy) is 2. The van der Waals surface area contributed by atoms with Crippen LogP contribution in [-0.4, -0.2) is 34.9 Å². The molecule has 0 atom stereocenters. The van der Waals surface area contributed by atoms with Crippen LogP contribution in [0.15, 0.2) is 66.7 Å². The highest BCUT2D eigenvalue weighted by Gasteiger charge is 2.06. The van der Waals surface area contributed by atoms with E-state index in [0.29, 0.717) is 36.0 Å². The van der Waals surface area contributed by atoms with Crippen molar-refractivity contribution in [3.8, 4) is 11.5 Å². The van der Waals surface area contributed by atoms with Crippen LogP contribution in [0.5, 0.6) is 11.5 Å². The molecule has 0 aliphatic rings. The van der Waals surface area contributed by atoms with E-state index in [0.717, 1.165) is 22.5 Å². The van der Waals surface area contributed by atoms with Crippen molar-refractivity contribution in [2.45, 2.75) is 0 Å². The fourth-order valence-corrected chi connectivity index (χ4v) is 3.06. The van der Waals surface area contributed by atoms with Crippen molar-refractivity contribution in [1.82, 2.24) is 9.97 Å². The second-order valence-corrected chi connectivity index (χ2v) is 7.02. The molecule has 3 aromatic carbocycles. The average molecular weight is 466 g/mol. The molecule has 0 bridgehead atoms. The van der Waals surface area contributed by atoms with Gasteiger partial charge in [0.05, 0.1) is 11.0 Å². The molecule has 33 heavy (non-hydrogen) atoms. The van der Waals surface area contributed by atoms with E-state index in [-0.39, 0.29) is 24.1 Å². The molecule has 10 heteroatoms. The monoisotopic (exact) mass is 465 g/mol. The number of amidine groups is 2. The Morgan fingerprint density at radius 1 is 0.818 bits per heavy atom. The number of benzene rings is 3. The maximum absolute atomic E-state index is 7.54. The van der Waals surface area contributed by atoms with Gasteiger partial charge in [-0.2, -0.15) is 0 Å². The molecular weight excluding hydrogens is 442 g/mol. The number of nitrogens with two attached hydrogens (primary N) is 2. The molecule has 0 aliphatic heterocycles. The first-order chi connectivity index (χ1) is 15.5. The first-order valence-electron chi connectivity index (χ1n) is 9.89. The SMILES string of the molecule is Cl.N=C(N)c1ccc(OCCOc2ccc(Nc3nc4ccc(C(=N)N)cc4[nH]3)cc2)cc1. The summed E-state index contributed by atoms with van der Waals surface area (Å²) >= 11 is 0. The number of nitrogens with one attached hydrogen (secondary N) is 4. The van der Waals surface area contributed by atoms with Gasteiger partial charge in [0.2, 0.25) is 5.95 Å². The van der Waals surface area contributed by atoms with Crippen LogP contribution in [0.25, 0.3) is 11.0 Å². The van der Waals surface area contributed by atoms with Gasteiger partial charge in [-0.1, -0.05) is 0 Å². The van der Waals surface area contributed by atoms with Gasteiger partial charge in [-0.25, -0.2) is 4.98 Å². The maximum Gasteiger partial charge on any atom is 0.205 e. The van der Waals surface area contributed by atoms with Crippen molar-refractivity contribution >= 4 is 46.7 Å². The number of aromatic nitrogens is 2. The summed E-state index contributed by atoms with van der Waals surface area (Å²) in [5.41, 5.74) is 14.7. The fraction of sp³-hybridized carbons (Fsp3) is 0.0870. The van der Waals surface area contributed by atoms with Gasteiger partial charge in [0.15, 0.2) is 0 Å². The average Bonchev–Trinajstić information content (AvgIpc) is 3.19.